The molecule has 0 spiro atoms. The molecule has 110 valence electrons. The van der Waals surface area contributed by atoms with Crippen molar-refractivity contribution in [3.05, 3.63) is 16.8 Å². The van der Waals surface area contributed by atoms with E-state index in [0.717, 1.165) is 48.7 Å². The molecule has 1 unspecified atom stereocenters. The summed E-state index contributed by atoms with van der Waals surface area (Å²) in [6.45, 7) is 9.22. The fourth-order valence-corrected chi connectivity index (χ4v) is 3.02. The Morgan fingerprint density at radius 1 is 1.30 bits per heavy atom. The van der Waals surface area contributed by atoms with Crippen molar-refractivity contribution in [2.75, 3.05) is 31.6 Å². The maximum Gasteiger partial charge on any atom is 0.162 e. The van der Waals surface area contributed by atoms with Gasteiger partial charge in [-0.15, -0.1) is 5.10 Å². The highest BCUT2D eigenvalue weighted by Crippen LogP contribution is 2.25. The normalized spacial score (nSPS) is 20.8. The Morgan fingerprint density at radius 3 is 2.65 bits per heavy atom. The molecule has 0 amide bonds. The van der Waals surface area contributed by atoms with Crippen LogP contribution in [-0.2, 0) is 0 Å². The summed E-state index contributed by atoms with van der Waals surface area (Å²) in [5.74, 6) is 0.836. The van der Waals surface area contributed by atoms with Gasteiger partial charge in [-0.1, -0.05) is 12.2 Å². The highest BCUT2D eigenvalue weighted by molar-refractivity contribution is 7.80. The predicted octanol–water partition coefficient (Wildman–Crippen LogP) is 1.26. The summed E-state index contributed by atoms with van der Waals surface area (Å²) in [6, 6.07) is 0.368. The van der Waals surface area contributed by atoms with E-state index in [-0.39, 0.29) is 0 Å². The summed E-state index contributed by atoms with van der Waals surface area (Å²) >= 11 is 5.23. The van der Waals surface area contributed by atoms with Crippen molar-refractivity contribution < 1.29 is 0 Å². The highest BCUT2D eigenvalue weighted by atomic mass is 32.1. The zero-order valence-corrected chi connectivity index (χ0v) is 13.5. The van der Waals surface area contributed by atoms with Crippen LogP contribution >= 0.6 is 12.2 Å². The monoisotopic (exact) mass is 293 g/mol. The van der Waals surface area contributed by atoms with Crippen molar-refractivity contribution in [1.29, 1.82) is 0 Å². The molecular weight excluding hydrogens is 270 g/mol. The SMILES string of the molecule is Cc1nnc(N2CCCN(C)CC2C)c(C(N)=S)c1C. The summed E-state index contributed by atoms with van der Waals surface area (Å²) in [5.41, 5.74) is 8.73. The smallest absolute Gasteiger partial charge is 0.162 e. The van der Waals surface area contributed by atoms with Gasteiger partial charge in [0.05, 0.1) is 11.3 Å². The lowest BCUT2D eigenvalue weighted by molar-refractivity contribution is 0.337. The van der Waals surface area contributed by atoms with Gasteiger partial charge in [0, 0.05) is 19.1 Å². The number of hydrogen-bond acceptors (Lipinski definition) is 5. The van der Waals surface area contributed by atoms with Gasteiger partial charge in [0.1, 0.15) is 4.99 Å². The fourth-order valence-electron chi connectivity index (χ4n) is 2.78. The molecule has 1 aromatic heterocycles. The number of aryl methyl sites for hydroxylation is 1. The molecule has 1 aliphatic heterocycles. The van der Waals surface area contributed by atoms with Crippen LogP contribution < -0.4 is 10.6 Å². The zero-order valence-electron chi connectivity index (χ0n) is 12.7. The minimum atomic E-state index is 0.368. The second-order valence-corrected chi connectivity index (χ2v) is 6.07. The van der Waals surface area contributed by atoms with Crippen LogP contribution in [0.4, 0.5) is 5.82 Å². The lowest BCUT2D eigenvalue weighted by atomic mass is 10.1. The van der Waals surface area contributed by atoms with Crippen molar-refractivity contribution in [2.45, 2.75) is 33.2 Å². The molecule has 0 bridgehead atoms. The average molecular weight is 293 g/mol. The van der Waals surface area contributed by atoms with E-state index < -0.39 is 0 Å². The first-order chi connectivity index (χ1) is 9.41. The number of hydrogen-bond donors (Lipinski definition) is 1. The van der Waals surface area contributed by atoms with Gasteiger partial charge in [-0.05, 0) is 46.3 Å². The topological polar surface area (TPSA) is 58.3 Å². The molecule has 1 saturated heterocycles. The average Bonchev–Trinajstić information content (AvgIpc) is 2.53. The van der Waals surface area contributed by atoms with E-state index in [9.17, 15) is 0 Å². The summed E-state index contributed by atoms with van der Waals surface area (Å²) in [7, 11) is 2.15. The van der Waals surface area contributed by atoms with E-state index in [1.165, 1.54) is 0 Å². The highest BCUT2D eigenvalue weighted by Gasteiger charge is 2.25. The molecule has 0 aromatic carbocycles. The lowest BCUT2D eigenvalue weighted by Crippen LogP contribution is -2.40. The summed E-state index contributed by atoms with van der Waals surface area (Å²) in [5, 5.41) is 8.65. The maximum atomic E-state index is 5.93. The van der Waals surface area contributed by atoms with Gasteiger partial charge in [0.2, 0.25) is 0 Å². The quantitative estimate of drug-likeness (QED) is 0.829. The molecule has 2 heterocycles. The minimum Gasteiger partial charge on any atom is -0.389 e. The molecule has 1 aliphatic rings. The van der Waals surface area contributed by atoms with Crippen LogP contribution in [0.3, 0.4) is 0 Å². The number of aromatic nitrogens is 2. The molecule has 0 saturated carbocycles. The van der Waals surface area contributed by atoms with Crippen LogP contribution in [0, 0.1) is 13.8 Å². The second kappa shape index (κ2) is 6.01. The Kier molecular flexibility index (Phi) is 4.55. The molecule has 1 fully saturated rings. The molecule has 2 rings (SSSR count). The molecule has 6 heteroatoms. The fraction of sp³-hybridized carbons (Fsp3) is 0.643. The first-order valence-corrected chi connectivity index (χ1v) is 7.41. The third-order valence-electron chi connectivity index (χ3n) is 4.00. The van der Waals surface area contributed by atoms with Gasteiger partial charge in [0.15, 0.2) is 5.82 Å². The van der Waals surface area contributed by atoms with Crippen LogP contribution in [-0.4, -0.2) is 52.8 Å². The van der Waals surface area contributed by atoms with Crippen LogP contribution in [0.2, 0.25) is 0 Å². The van der Waals surface area contributed by atoms with Crippen LogP contribution in [0.5, 0.6) is 0 Å². The molecule has 1 atom stereocenters. The Labute approximate surface area is 126 Å². The number of likely N-dealkylation sites (N-methyl/N-ethyl adjacent to an activating group) is 1. The van der Waals surface area contributed by atoms with E-state index in [2.05, 4.69) is 34.0 Å². The summed E-state index contributed by atoms with van der Waals surface area (Å²) in [6.07, 6.45) is 1.10. The number of thiocarbonyl (C=S) groups is 1. The van der Waals surface area contributed by atoms with E-state index in [1.807, 2.05) is 13.8 Å². The van der Waals surface area contributed by atoms with Crippen LogP contribution in [0.25, 0.3) is 0 Å². The van der Waals surface area contributed by atoms with Crippen LogP contribution in [0.15, 0.2) is 0 Å². The molecule has 0 radical (unpaired) electrons. The molecule has 5 nitrogen and oxygen atoms in total. The zero-order chi connectivity index (χ0) is 14.9. The molecule has 1 aromatic rings. The maximum absolute atomic E-state index is 5.93. The van der Waals surface area contributed by atoms with Crippen molar-refractivity contribution in [2.24, 2.45) is 5.73 Å². The van der Waals surface area contributed by atoms with Gasteiger partial charge >= 0.3 is 0 Å². The van der Waals surface area contributed by atoms with Gasteiger partial charge in [-0.3, -0.25) is 0 Å². The third-order valence-corrected chi connectivity index (χ3v) is 4.21. The number of rotatable bonds is 2. The van der Waals surface area contributed by atoms with Crippen molar-refractivity contribution in [3.8, 4) is 0 Å². The largest absolute Gasteiger partial charge is 0.389 e. The number of nitrogens with zero attached hydrogens (tertiary/aromatic N) is 4. The molecule has 20 heavy (non-hydrogen) atoms. The standard InChI is InChI=1S/C14H23N5S/c1-9-8-18(4)6-5-7-19(9)14-12(13(15)20)10(2)11(3)16-17-14/h9H,5-8H2,1-4H3,(H2,15,20). The molecular formula is C14H23N5S. The first kappa shape index (κ1) is 15.1. The Morgan fingerprint density at radius 2 is 2.00 bits per heavy atom. The summed E-state index contributed by atoms with van der Waals surface area (Å²) in [4.78, 5) is 5.04. The van der Waals surface area contributed by atoms with E-state index in [1.54, 1.807) is 0 Å². The van der Waals surface area contributed by atoms with E-state index in [4.69, 9.17) is 18.0 Å². The van der Waals surface area contributed by atoms with Crippen molar-refractivity contribution in [3.63, 3.8) is 0 Å². The van der Waals surface area contributed by atoms with Gasteiger partial charge in [-0.25, -0.2) is 0 Å². The van der Waals surface area contributed by atoms with E-state index >= 15 is 0 Å². The predicted molar refractivity (Wildman–Crippen MR) is 86.3 cm³/mol. The molecule has 0 aliphatic carbocycles. The lowest BCUT2D eigenvalue weighted by Gasteiger charge is -2.30. The summed E-state index contributed by atoms with van der Waals surface area (Å²) < 4.78 is 0. The van der Waals surface area contributed by atoms with Crippen LogP contribution in [0.1, 0.15) is 30.2 Å². The van der Waals surface area contributed by atoms with Crippen molar-refractivity contribution >= 4 is 23.0 Å². The van der Waals surface area contributed by atoms with Gasteiger partial charge in [-0.2, -0.15) is 5.10 Å². The Hall–Kier alpha value is -1.27. The van der Waals surface area contributed by atoms with Gasteiger partial charge < -0.3 is 15.5 Å². The number of anilines is 1. The van der Waals surface area contributed by atoms with Gasteiger partial charge in [0.25, 0.3) is 0 Å². The Bertz CT molecular complexity index is 517. The van der Waals surface area contributed by atoms with E-state index in [0.29, 0.717) is 11.0 Å². The third kappa shape index (κ3) is 2.91. The molecule has 2 N–H and O–H groups in total. The number of nitrogens with two attached hydrogens (primary N) is 1. The first-order valence-electron chi connectivity index (χ1n) is 7.00. The Balaban J connectivity index is 2.46. The second-order valence-electron chi connectivity index (χ2n) is 5.63. The minimum absolute atomic E-state index is 0.368. The van der Waals surface area contributed by atoms with Crippen molar-refractivity contribution in [1.82, 2.24) is 15.1 Å².